The van der Waals surface area contributed by atoms with Crippen LogP contribution in [0.3, 0.4) is 0 Å². The van der Waals surface area contributed by atoms with Crippen LogP contribution in [0.4, 0.5) is 0 Å². The Labute approximate surface area is 290 Å². The van der Waals surface area contributed by atoms with Crippen molar-refractivity contribution in [2.75, 3.05) is 0 Å². The van der Waals surface area contributed by atoms with Crippen LogP contribution < -0.4 is 5.56 Å². The van der Waals surface area contributed by atoms with Crippen LogP contribution in [-0.2, 0) is 11.8 Å². The molecule has 0 saturated carbocycles. The highest BCUT2D eigenvalue weighted by Gasteiger charge is 2.38. The van der Waals surface area contributed by atoms with Crippen molar-refractivity contribution in [1.82, 2.24) is 29.1 Å². The number of hydrogen-bond acceptors (Lipinski definition) is 7. The number of para-hydroxylation sites is 1. The van der Waals surface area contributed by atoms with Gasteiger partial charge in [0.25, 0.3) is 11.5 Å². The third-order valence-electron chi connectivity index (χ3n) is 8.31. The molecule has 1 amide bonds. The molecular formula is C35H29Cl2N7O3S. The quantitative estimate of drug-likeness (QED) is 0.153. The van der Waals surface area contributed by atoms with Crippen molar-refractivity contribution < 1.29 is 9.21 Å². The number of nitrogens with zero attached hydrogens (tertiary/aromatic N) is 7. The summed E-state index contributed by atoms with van der Waals surface area (Å²) in [6.07, 6.45) is 2.05. The Kier molecular flexibility index (Phi) is 8.59. The van der Waals surface area contributed by atoms with Gasteiger partial charge in [-0.3, -0.25) is 18.8 Å². The number of aromatic nitrogens is 5. The van der Waals surface area contributed by atoms with Gasteiger partial charge < -0.3 is 4.42 Å². The van der Waals surface area contributed by atoms with Crippen molar-refractivity contribution in [3.63, 3.8) is 0 Å². The van der Waals surface area contributed by atoms with Gasteiger partial charge in [-0.1, -0.05) is 77.4 Å². The third kappa shape index (κ3) is 5.67. The molecule has 0 spiro atoms. The summed E-state index contributed by atoms with van der Waals surface area (Å²) in [5.41, 5.74) is 3.66. The minimum absolute atomic E-state index is 0.259. The molecule has 10 nitrogen and oxygen atoms in total. The number of hydrazone groups is 1. The summed E-state index contributed by atoms with van der Waals surface area (Å²) in [6.45, 7) is 3.65. The van der Waals surface area contributed by atoms with E-state index in [-0.39, 0.29) is 11.5 Å². The first-order chi connectivity index (χ1) is 23.2. The molecule has 0 radical (unpaired) electrons. The number of rotatable bonds is 8. The van der Waals surface area contributed by atoms with Gasteiger partial charge in [-0.05, 0) is 67.9 Å². The van der Waals surface area contributed by atoms with Crippen molar-refractivity contribution >= 4 is 46.6 Å². The maximum absolute atomic E-state index is 14.2. The van der Waals surface area contributed by atoms with Gasteiger partial charge in [0.05, 0.1) is 33.6 Å². The lowest BCUT2D eigenvalue weighted by Crippen LogP contribution is -2.33. The predicted molar refractivity (Wildman–Crippen MR) is 187 cm³/mol. The van der Waals surface area contributed by atoms with E-state index < -0.39 is 11.3 Å². The Bertz CT molecular complexity index is 2210. The summed E-state index contributed by atoms with van der Waals surface area (Å²) in [5.74, 6) is 0.746. The standard InChI is InChI=1S/C35H29Cl2N7O3S/c1-21-31(34(46)44(41(21)3)25-10-5-4-6-11-25)42-32(26-12-7-8-13-27(26)37)38-39-35(42)48-22(2)33(45)43-29(30-14-9-19-47-30)20-28(40-43)23-15-17-24(36)18-16-23/h4-19,22,29H,20H2,1-3H3. The van der Waals surface area contributed by atoms with E-state index in [0.717, 1.165) is 11.3 Å². The van der Waals surface area contributed by atoms with Crippen molar-refractivity contribution in [2.24, 2.45) is 12.1 Å². The molecule has 0 bridgehead atoms. The molecule has 3 aromatic heterocycles. The maximum atomic E-state index is 14.2. The van der Waals surface area contributed by atoms with Crippen molar-refractivity contribution in [1.29, 1.82) is 0 Å². The highest BCUT2D eigenvalue weighted by molar-refractivity contribution is 8.00. The first-order valence-electron chi connectivity index (χ1n) is 15.1. The van der Waals surface area contributed by atoms with Gasteiger partial charge in [-0.15, -0.1) is 10.2 Å². The minimum atomic E-state index is -0.682. The first kappa shape index (κ1) is 31.7. The zero-order chi connectivity index (χ0) is 33.5. The molecule has 13 heteroatoms. The van der Waals surface area contributed by atoms with Gasteiger partial charge in [-0.2, -0.15) is 5.10 Å². The molecule has 6 aromatic rings. The van der Waals surface area contributed by atoms with Crippen LogP contribution >= 0.6 is 35.0 Å². The molecule has 0 aliphatic carbocycles. The van der Waals surface area contributed by atoms with E-state index in [9.17, 15) is 9.59 Å². The van der Waals surface area contributed by atoms with Gasteiger partial charge in [-0.25, -0.2) is 9.69 Å². The predicted octanol–water partition coefficient (Wildman–Crippen LogP) is 7.49. The molecule has 0 N–H and O–H groups in total. The fourth-order valence-electron chi connectivity index (χ4n) is 5.80. The van der Waals surface area contributed by atoms with E-state index in [1.54, 1.807) is 51.4 Å². The van der Waals surface area contributed by atoms with Gasteiger partial charge in [0.2, 0.25) is 0 Å². The Morgan fingerprint density at radius 2 is 1.69 bits per heavy atom. The van der Waals surface area contributed by atoms with E-state index in [2.05, 4.69) is 10.2 Å². The average molecular weight is 699 g/mol. The molecule has 1 aliphatic rings. The summed E-state index contributed by atoms with van der Waals surface area (Å²) in [4.78, 5) is 28.5. The molecule has 2 unspecified atom stereocenters. The second-order valence-corrected chi connectivity index (χ2v) is 13.4. The van der Waals surface area contributed by atoms with Crippen molar-refractivity contribution in [3.8, 4) is 22.8 Å². The lowest BCUT2D eigenvalue weighted by atomic mass is 10.0. The fraction of sp³-hybridized carbons (Fsp3) is 0.171. The van der Waals surface area contributed by atoms with E-state index in [1.807, 2.05) is 80.7 Å². The molecule has 4 heterocycles. The van der Waals surface area contributed by atoms with Crippen LogP contribution in [0.1, 0.15) is 36.4 Å². The van der Waals surface area contributed by atoms with E-state index in [1.165, 1.54) is 16.8 Å². The molecule has 3 aromatic carbocycles. The van der Waals surface area contributed by atoms with Gasteiger partial charge in [0, 0.05) is 24.1 Å². The Morgan fingerprint density at radius 1 is 0.958 bits per heavy atom. The smallest absolute Gasteiger partial charge is 0.296 e. The van der Waals surface area contributed by atoms with Crippen molar-refractivity contribution in [3.05, 3.63) is 135 Å². The number of thioether (sulfide) groups is 1. The zero-order valence-corrected chi connectivity index (χ0v) is 28.4. The largest absolute Gasteiger partial charge is 0.467 e. The summed E-state index contributed by atoms with van der Waals surface area (Å²) in [5, 5.41) is 16.0. The average Bonchev–Trinajstić information content (AvgIpc) is 3.89. The van der Waals surface area contributed by atoms with Gasteiger partial charge in [0.1, 0.15) is 17.5 Å². The number of hydrogen-bond donors (Lipinski definition) is 0. The third-order valence-corrected chi connectivity index (χ3v) is 9.92. The second-order valence-electron chi connectivity index (χ2n) is 11.3. The van der Waals surface area contributed by atoms with Crippen LogP contribution in [0.15, 0.2) is 117 Å². The fourth-order valence-corrected chi connectivity index (χ4v) is 7.05. The summed E-state index contributed by atoms with van der Waals surface area (Å²) < 4.78 is 10.8. The van der Waals surface area contributed by atoms with E-state index >= 15 is 0 Å². The number of benzene rings is 3. The minimum Gasteiger partial charge on any atom is -0.467 e. The molecule has 0 saturated heterocycles. The van der Waals surface area contributed by atoms with Crippen LogP contribution in [-0.4, -0.2) is 46.0 Å². The molecular weight excluding hydrogens is 669 g/mol. The normalized spacial score (nSPS) is 15.1. The van der Waals surface area contributed by atoms with Crippen LogP contribution in [0.2, 0.25) is 10.0 Å². The molecule has 1 aliphatic heterocycles. The SMILES string of the molecule is Cc1c(-n2c(SC(C)C(=O)N3N=C(c4ccc(Cl)cc4)CC3c3ccco3)nnc2-c2ccccc2Cl)c(=O)n(-c2ccccc2)n1C. The van der Waals surface area contributed by atoms with Crippen LogP contribution in [0.5, 0.6) is 0 Å². The number of furan rings is 1. The highest BCUT2D eigenvalue weighted by Crippen LogP contribution is 2.38. The number of carbonyl (C=O) groups excluding carboxylic acids is 1. The Hall–Kier alpha value is -4.84. The zero-order valence-electron chi connectivity index (χ0n) is 26.1. The maximum Gasteiger partial charge on any atom is 0.296 e. The lowest BCUT2D eigenvalue weighted by Gasteiger charge is -2.23. The van der Waals surface area contributed by atoms with Crippen LogP contribution in [0, 0.1) is 6.92 Å². The summed E-state index contributed by atoms with van der Waals surface area (Å²) in [7, 11) is 1.82. The van der Waals surface area contributed by atoms with Crippen LogP contribution in [0.25, 0.3) is 22.8 Å². The van der Waals surface area contributed by atoms with E-state index in [4.69, 9.17) is 32.7 Å². The Morgan fingerprint density at radius 3 is 2.40 bits per heavy atom. The molecule has 48 heavy (non-hydrogen) atoms. The van der Waals surface area contributed by atoms with Gasteiger partial charge in [0.15, 0.2) is 11.0 Å². The summed E-state index contributed by atoms with van der Waals surface area (Å²) in [6, 6.07) is 27.2. The monoisotopic (exact) mass is 697 g/mol. The molecule has 2 atom stereocenters. The summed E-state index contributed by atoms with van der Waals surface area (Å²) >= 11 is 14.0. The van der Waals surface area contributed by atoms with E-state index in [0.29, 0.717) is 55.8 Å². The number of halogens is 2. The highest BCUT2D eigenvalue weighted by atomic mass is 35.5. The van der Waals surface area contributed by atoms with Crippen molar-refractivity contribution in [2.45, 2.75) is 36.7 Å². The second kappa shape index (κ2) is 13.0. The molecule has 7 rings (SSSR count). The first-order valence-corrected chi connectivity index (χ1v) is 16.8. The molecule has 0 fully saturated rings. The van der Waals surface area contributed by atoms with Gasteiger partial charge >= 0.3 is 0 Å². The topological polar surface area (TPSA) is 103 Å². The number of carbonyl (C=O) groups is 1. The lowest BCUT2D eigenvalue weighted by molar-refractivity contribution is -0.132. The number of amides is 1. The Balaban J connectivity index is 1.30. The molecule has 242 valence electrons.